The number of rotatable bonds is 12. The van der Waals surface area contributed by atoms with Gasteiger partial charge >= 0.3 is 5.97 Å². The van der Waals surface area contributed by atoms with Crippen LogP contribution in [-0.2, 0) is 55.5 Å². The maximum absolute atomic E-state index is 13.0. The number of halogens is 1. The van der Waals surface area contributed by atoms with Gasteiger partial charge < -0.3 is 19.5 Å². The first-order valence-corrected chi connectivity index (χ1v) is 18.7. The van der Waals surface area contributed by atoms with E-state index in [1.54, 1.807) is 23.5 Å². The van der Waals surface area contributed by atoms with Gasteiger partial charge in [-0.3, -0.25) is 9.36 Å². The SMILES string of the molecule is COC(=O)c1c(C)c2c(-c3c(CSCc4cc(CSc5cc(O)c6c(c5)CCCC6)n(C)n4)nn(C)c3C)c(Cl)ccc2n1CCCO. The van der Waals surface area contributed by atoms with Crippen LogP contribution in [0.4, 0.5) is 0 Å². The van der Waals surface area contributed by atoms with E-state index in [9.17, 15) is 15.0 Å². The second kappa shape index (κ2) is 14.6. The Hall–Kier alpha value is -3.38. The van der Waals surface area contributed by atoms with Crippen LogP contribution in [0, 0.1) is 13.8 Å². The highest BCUT2D eigenvalue weighted by Crippen LogP contribution is 2.43. The van der Waals surface area contributed by atoms with Crippen molar-refractivity contribution in [1.29, 1.82) is 0 Å². The Morgan fingerprint density at radius 3 is 2.58 bits per heavy atom. The van der Waals surface area contributed by atoms with Crippen molar-refractivity contribution in [2.75, 3.05) is 13.7 Å². The lowest BCUT2D eigenvalue weighted by molar-refractivity contribution is 0.0587. The number of benzene rings is 2. The highest BCUT2D eigenvalue weighted by molar-refractivity contribution is 7.98. The highest BCUT2D eigenvalue weighted by atomic mass is 35.5. The Morgan fingerprint density at radius 1 is 1.02 bits per heavy atom. The zero-order valence-electron chi connectivity index (χ0n) is 28.1. The van der Waals surface area contributed by atoms with Gasteiger partial charge in [0.25, 0.3) is 0 Å². The van der Waals surface area contributed by atoms with Crippen molar-refractivity contribution in [3.63, 3.8) is 0 Å². The van der Waals surface area contributed by atoms with Gasteiger partial charge in [-0.15, -0.1) is 23.5 Å². The van der Waals surface area contributed by atoms with Crippen LogP contribution >= 0.6 is 35.1 Å². The monoisotopic (exact) mass is 707 g/mol. The highest BCUT2D eigenvalue weighted by Gasteiger charge is 2.27. The number of fused-ring (bicyclic) bond motifs is 2. The third kappa shape index (κ3) is 6.62. The fourth-order valence-corrected chi connectivity index (χ4v) is 8.97. The van der Waals surface area contributed by atoms with Crippen molar-refractivity contribution in [2.45, 2.75) is 74.7 Å². The molecule has 1 aliphatic carbocycles. The molecule has 1 aliphatic rings. The number of carbonyl (C=O) groups excluding carboxylic acids is 1. The molecule has 3 heterocycles. The molecule has 12 heteroatoms. The van der Waals surface area contributed by atoms with E-state index in [-0.39, 0.29) is 6.61 Å². The number of carbonyl (C=O) groups is 1. The second-order valence-electron chi connectivity index (χ2n) is 12.4. The fourth-order valence-electron chi connectivity index (χ4n) is 6.87. The summed E-state index contributed by atoms with van der Waals surface area (Å²) in [4.78, 5) is 14.1. The number of aromatic hydroxyl groups is 1. The average Bonchev–Trinajstić information content (AvgIpc) is 3.67. The summed E-state index contributed by atoms with van der Waals surface area (Å²) in [6.45, 7) is 4.45. The Morgan fingerprint density at radius 2 is 1.81 bits per heavy atom. The van der Waals surface area contributed by atoms with E-state index in [2.05, 4.69) is 12.1 Å². The maximum Gasteiger partial charge on any atom is 0.354 e. The summed E-state index contributed by atoms with van der Waals surface area (Å²) in [7, 11) is 5.30. The molecule has 2 aromatic carbocycles. The Balaban J connectivity index is 1.23. The first-order valence-electron chi connectivity index (χ1n) is 16.2. The number of hydrogen-bond acceptors (Lipinski definition) is 8. The third-order valence-electron chi connectivity index (χ3n) is 9.32. The summed E-state index contributed by atoms with van der Waals surface area (Å²) < 4.78 is 10.9. The number of ether oxygens (including phenoxy) is 1. The number of hydrogen-bond donors (Lipinski definition) is 2. The summed E-state index contributed by atoms with van der Waals surface area (Å²) >= 11 is 10.4. The van der Waals surface area contributed by atoms with Gasteiger partial charge in [0.05, 0.1) is 18.5 Å². The van der Waals surface area contributed by atoms with Gasteiger partial charge in [-0.1, -0.05) is 11.6 Å². The molecule has 2 N–H and O–H groups in total. The van der Waals surface area contributed by atoms with Crippen molar-refractivity contribution in [1.82, 2.24) is 24.1 Å². The lowest BCUT2D eigenvalue weighted by Crippen LogP contribution is -2.12. The summed E-state index contributed by atoms with van der Waals surface area (Å²) in [6.07, 6.45) is 4.83. The summed E-state index contributed by atoms with van der Waals surface area (Å²) in [6, 6.07) is 10.1. The molecule has 0 saturated heterocycles. The van der Waals surface area contributed by atoms with Gasteiger partial charge in [0.2, 0.25) is 0 Å². The van der Waals surface area contributed by atoms with Crippen molar-refractivity contribution < 1.29 is 19.7 Å². The number of thioether (sulfide) groups is 2. The molecule has 0 spiro atoms. The molecule has 0 bridgehead atoms. The predicted molar refractivity (Wildman–Crippen MR) is 194 cm³/mol. The van der Waals surface area contributed by atoms with Crippen molar-refractivity contribution in [3.8, 4) is 16.9 Å². The molecule has 9 nitrogen and oxygen atoms in total. The topological polar surface area (TPSA) is 107 Å². The van der Waals surface area contributed by atoms with Gasteiger partial charge in [0.1, 0.15) is 11.4 Å². The number of esters is 1. The number of aliphatic hydroxyl groups is 1. The molecule has 254 valence electrons. The molecule has 6 rings (SSSR count). The molecule has 0 radical (unpaired) electrons. The standard InChI is InChI=1S/C36H42ClN5O4S2/c1-21-32-30(42(13-8-14-43)35(21)36(45)46-5)12-11-28(37)34(32)33-22(2)40(3)39-29(33)20-47-18-24-16-25(41(4)38-24)19-48-26-15-23-9-6-7-10-27(23)31(44)17-26/h11-12,15-17,43-44H,6-10,13-14,18-20H2,1-5H3. The lowest BCUT2D eigenvalue weighted by atomic mass is 9.91. The second-order valence-corrected chi connectivity index (χ2v) is 14.8. The molecule has 0 amide bonds. The summed E-state index contributed by atoms with van der Waals surface area (Å²) in [5.74, 6) is 2.14. The molecule has 0 saturated carbocycles. The van der Waals surface area contributed by atoms with Crippen LogP contribution in [0.3, 0.4) is 0 Å². The number of phenolic OH excluding ortho intramolecular Hbond substituents is 1. The molecular weight excluding hydrogens is 666 g/mol. The Bertz CT molecular complexity index is 2000. The quantitative estimate of drug-likeness (QED) is 0.101. The Labute approximate surface area is 294 Å². The van der Waals surface area contributed by atoms with Crippen LogP contribution in [0.15, 0.2) is 35.2 Å². The van der Waals surface area contributed by atoms with E-state index < -0.39 is 5.97 Å². The molecular formula is C36H42ClN5O4S2. The summed E-state index contributed by atoms with van der Waals surface area (Å²) in [5, 5.41) is 31.3. The van der Waals surface area contributed by atoms with Crippen LogP contribution in [0.2, 0.25) is 5.02 Å². The maximum atomic E-state index is 13.0. The van der Waals surface area contributed by atoms with Crippen molar-refractivity contribution in [2.24, 2.45) is 14.1 Å². The molecule has 0 aliphatic heterocycles. The number of nitrogens with zero attached hydrogens (tertiary/aromatic N) is 5. The molecule has 5 aromatic rings. The van der Waals surface area contributed by atoms with Crippen LogP contribution in [0.5, 0.6) is 5.75 Å². The minimum atomic E-state index is -0.420. The minimum absolute atomic E-state index is 0.0125. The van der Waals surface area contributed by atoms with Crippen LogP contribution in [0.1, 0.15) is 69.2 Å². The largest absolute Gasteiger partial charge is 0.508 e. The van der Waals surface area contributed by atoms with Crippen LogP contribution in [-0.4, -0.2) is 54.0 Å². The number of methoxy groups -OCH3 is 1. The van der Waals surface area contributed by atoms with E-state index in [4.69, 9.17) is 26.5 Å². The van der Waals surface area contributed by atoms with Gasteiger partial charge in [-0.05, 0) is 93.0 Å². The molecule has 0 fully saturated rings. The van der Waals surface area contributed by atoms with Crippen molar-refractivity contribution in [3.05, 3.63) is 80.5 Å². The third-order valence-corrected chi connectivity index (χ3v) is 11.6. The van der Waals surface area contributed by atoms with Crippen LogP contribution < -0.4 is 0 Å². The minimum Gasteiger partial charge on any atom is -0.508 e. The first-order chi connectivity index (χ1) is 23.1. The predicted octanol–water partition coefficient (Wildman–Crippen LogP) is 7.52. The number of aromatic nitrogens is 5. The van der Waals surface area contributed by atoms with Gasteiger partial charge in [-0.25, -0.2) is 4.79 Å². The van der Waals surface area contributed by atoms with Gasteiger partial charge in [-0.2, -0.15) is 10.2 Å². The summed E-state index contributed by atoms with van der Waals surface area (Å²) in [5.41, 5.74) is 10.4. The number of aliphatic hydroxyl groups excluding tert-OH is 1. The van der Waals surface area contributed by atoms with E-state index in [1.807, 2.05) is 60.1 Å². The molecule has 48 heavy (non-hydrogen) atoms. The van der Waals surface area contributed by atoms with E-state index in [0.717, 1.165) is 85.8 Å². The molecule has 0 atom stereocenters. The number of aryl methyl sites for hydroxylation is 5. The van der Waals surface area contributed by atoms with Crippen molar-refractivity contribution >= 4 is 52.0 Å². The average molecular weight is 708 g/mol. The Kier molecular flexibility index (Phi) is 10.5. The zero-order chi connectivity index (χ0) is 34.1. The smallest absolute Gasteiger partial charge is 0.354 e. The molecule has 3 aromatic heterocycles. The fraction of sp³-hybridized carbons (Fsp3) is 0.417. The van der Waals surface area contributed by atoms with E-state index >= 15 is 0 Å². The van der Waals surface area contributed by atoms with Crippen LogP contribution in [0.25, 0.3) is 22.0 Å². The van der Waals surface area contributed by atoms with E-state index in [0.29, 0.717) is 40.9 Å². The lowest BCUT2D eigenvalue weighted by Gasteiger charge is -2.18. The van der Waals surface area contributed by atoms with E-state index in [1.165, 1.54) is 19.1 Å². The zero-order valence-corrected chi connectivity index (χ0v) is 30.5. The normalized spacial score (nSPS) is 13.0. The first kappa shape index (κ1) is 34.5. The van der Waals surface area contributed by atoms with Gasteiger partial charge in [0, 0.05) is 87.8 Å². The van der Waals surface area contributed by atoms with Gasteiger partial charge in [0.15, 0.2) is 0 Å². The molecule has 0 unspecified atom stereocenters. The number of phenols is 1.